The zero-order valence-electron chi connectivity index (χ0n) is 12.0. The summed E-state index contributed by atoms with van der Waals surface area (Å²) >= 11 is 0. The average molecular weight is 276 g/mol. The van der Waals surface area contributed by atoms with Crippen LogP contribution in [0.4, 0.5) is 0 Å². The molecule has 0 radical (unpaired) electrons. The Labute approximate surface area is 120 Å². The third-order valence-electron chi connectivity index (χ3n) is 3.55. The Morgan fingerprint density at radius 1 is 1.40 bits per heavy atom. The predicted molar refractivity (Wildman–Crippen MR) is 80.6 cm³/mol. The lowest BCUT2D eigenvalue weighted by atomic mass is 10.1. The van der Waals surface area contributed by atoms with Gasteiger partial charge in [0.1, 0.15) is 0 Å². The molecule has 0 aliphatic heterocycles. The zero-order chi connectivity index (χ0) is 14.2. The van der Waals surface area contributed by atoms with Crippen LogP contribution in [0.15, 0.2) is 29.5 Å². The average Bonchev–Trinajstić information content (AvgIpc) is 2.98. The maximum absolute atomic E-state index is 10.1. The van der Waals surface area contributed by atoms with Gasteiger partial charge in [-0.05, 0) is 37.5 Å². The molecule has 1 aromatic heterocycles. The summed E-state index contributed by atoms with van der Waals surface area (Å²) in [5, 5.41) is 16.8. The van der Waals surface area contributed by atoms with Crippen LogP contribution >= 0.6 is 0 Å². The van der Waals surface area contributed by atoms with E-state index in [1.807, 2.05) is 19.1 Å². The summed E-state index contributed by atoms with van der Waals surface area (Å²) in [4.78, 5) is 8.43. The number of hydrogen-bond donors (Lipinski definition) is 3. The number of aliphatic hydroxyl groups excluding tert-OH is 1. The fraction of sp³-hybridized carbons (Fsp3) is 0.600. The highest BCUT2D eigenvalue weighted by molar-refractivity contribution is 5.80. The van der Waals surface area contributed by atoms with Crippen LogP contribution in [0.3, 0.4) is 0 Å². The number of rotatable bonds is 5. The lowest BCUT2D eigenvalue weighted by molar-refractivity contribution is 0.187. The molecule has 3 N–H and O–H groups in total. The third-order valence-corrected chi connectivity index (χ3v) is 3.55. The van der Waals surface area contributed by atoms with Gasteiger partial charge in [0.25, 0.3) is 0 Å². The van der Waals surface area contributed by atoms with Gasteiger partial charge in [-0.1, -0.05) is 12.8 Å². The van der Waals surface area contributed by atoms with E-state index in [0.29, 0.717) is 12.6 Å². The van der Waals surface area contributed by atoms with Crippen LogP contribution in [0, 0.1) is 0 Å². The van der Waals surface area contributed by atoms with E-state index in [4.69, 9.17) is 0 Å². The lowest BCUT2D eigenvalue weighted by Crippen LogP contribution is -2.42. The number of aliphatic hydroxyl groups is 1. The Morgan fingerprint density at radius 3 is 2.75 bits per heavy atom. The molecular formula is C15H24N4O. The van der Waals surface area contributed by atoms with Gasteiger partial charge >= 0.3 is 0 Å². The van der Waals surface area contributed by atoms with Crippen LogP contribution in [0.25, 0.3) is 0 Å². The van der Waals surface area contributed by atoms with E-state index in [1.54, 1.807) is 12.4 Å². The van der Waals surface area contributed by atoms with Crippen molar-refractivity contribution in [1.29, 1.82) is 0 Å². The molecule has 1 aromatic rings. The van der Waals surface area contributed by atoms with Gasteiger partial charge in [-0.25, -0.2) is 0 Å². The van der Waals surface area contributed by atoms with E-state index in [2.05, 4.69) is 20.6 Å². The zero-order valence-corrected chi connectivity index (χ0v) is 12.0. The number of aliphatic imine (C=N–C) groups is 1. The van der Waals surface area contributed by atoms with Crippen molar-refractivity contribution in [2.24, 2.45) is 4.99 Å². The second kappa shape index (κ2) is 7.85. The molecule has 0 bridgehead atoms. The monoisotopic (exact) mass is 276 g/mol. The summed E-state index contributed by atoms with van der Waals surface area (Å²) in [6.45, 7) is 3.22. The first-order valence-corrected chi connectivity index (χ1v) is 7.42. The molecule has 1 heterocycles. The normalized spacial score (nSPS) is 18.0. The number of guanidine groups is 1. The molecule has 1 unspecified atom stereocenters. The first-order valence-electron chi connectivity index (χ1n) is 7.42. The quantitative estimate of drug-likeness (QED) is 0.564. The summed E-state index contributed by atoms with van der Waals surface area (Å²) in [7, 11) is 0. The van der Waals surface area contributed by atoms with Crippen molar-refractivity contribution in [3.8, 4) is 0 Å². The van der Waals surface area contributed by atoms with E-state index in [0.717, 1.165) is 18.1 Å². The van der Waals surface area contributed by atoms with Gasteiger partial charge in [0.15, 0.2) is 5.96 Å². The first kappa shape index (κ1) is 14.8. The molecule has 5 nitrogen and oxygen atoms in total. The summed E-state index contributed by atoms with van der Waals surface area (Å²) in [5.74, 6) is 0.799. The number of pyridine rings is 1. The van der Waals surface area contributed by atoms with Crippen LogP contribution in [-0.2, 0) is 0 Å². The van der Waals surface area contributed by atoms with Crippen molar-refractivity contribution in [2.75, 3.05) is 13.1 Å². The van der Waals surface area contributed by atoms with Crippen LogP contribution in [0.5, 0.6) is 0 Å². The van der Waals surface area contributed by atoms with Crippen molar-refractivity contribution < 1.29 is 5.11 Å². The smallest absolute Gasteiger partial charge is 0.191 e. The largest absolute Gasteiger partial charge is 0.386 e. The third kappa shape index (κ3) is 4.49. The molecule has 1 saturated carbocycles. The topological polar surface area (TPSA) is 69.5 Å². The summed E-state index contributed by atoms with van der Waals surface area (Å²) in [6, 6.07) is 4.15. The van der Waals surface area contributed by atoms with Gasteiger partial charge in [0.2, 0.25) is 0 Å². The van der Waals surface area contributed by atoms with Crippen LogP contribution in [0.2, 0.25) is 0 Å². The molecule has 1 atom stereocenters. The highest BCUT2D eigenvalue weighted by atomic mass is 16.3. The lowest BCUT2D eigenvalue weighted by Gasteiger charge is -2.17. The maximum Gasteiger partial charge on any atom is 0.191 e. The summed E-state index contributed by atoms with van der Waals surface area (Å²) in [6.07, 6.45) is 7.77. The molecule has 1 aliphatic carbocycles. The fourth-order valence-corrected chi connectivity index (χ4v) is 2.45. The summed E-state index contributed by atoms with van der Waals surface area (Å²) in [5.41, 5.74) is 0.848. The van der Waals surface area contributed by atoms with Gasteiger partial charge in [0, 0.05) is 25.0 Å². The number of aromatic nitrogens is 1. The van der Waals surface area contributed by atoms with E-state index in [-0.39, 0.29) is 0 Å². The summed E-state index contributed by atoms with van der Waals surface area (Å²) < 4.78 is 0. The van der Waals surface area contributed by atoms with Crippen molar-refractivity contribution in [3.63, 3.8) is 0 Å². The molecule has 0 amide bonds. The molecule has 0 aromatic carbocycles. The standard InChI is InChI=1S/C15H24N4O/c1-2-17-15(19-13-5-3-4-6-13)18-11-14(20)12-7-9-16-10-8-12/h7-10,13-14,20H,2-6,11H2,1H3,(H2,17,18,19). The van der Waals surface area contributed by atoms with Gasteiger partial charge in [-0.15, -0.1) is 0 Å². The molecule has 1 fully saturated rings. The second-order valence-electron chi connectivity index (χ2n) is 5.14. The highest BCUT2D eigenvalue weighted by Gasteiger charge is 2.16. The molecule has 1 aliphatic rings. The van der Waals surface area contributed by atoms with Crippen molar-refractivity contribution in [3.05, 3.63) is 30.1 Å². The van der Waals surface area contributed by atoms with Gasteiger partial charge < -0.3 is 15.7 Å². The molecule has 0 saturated heterocycles. The molecule has 2 rings (SSSR count). The molecule has 5 heteroatoms. The molecular weight excluding hydrogens is 252 g/mol. The Balaban J connectivity index is 1.90. The van der Waals surface area contributed by atoms with E-state index in [9.17, 15) is 5.11 Å². The Morgan fingerprint density at radius 2 is 2.10 bits per heavy atom. The molecule has 20 heavy (non-hydrogen) atoms. The van der Waals surface area contributed by atoms with Crippen molar-refractivity contribution in [1.82, 2.24) is 15.6 Å². The minimum atomic E-state index is -0.586. The van der Waals surface area contributed by atoms with Crippen LogP contribution in [0.1, 0.15) is 44.3 Å². The number of nitrogens with one attached hydrogen (secondary N) is 2. The molecule has 0 spiro atoms. The first-order chi connectivity index (χ1) is 9.79. The van der Waals surface area contributed by atoms with E-state index >= 15 is 0 Å². The SMILES string of the molecule is CCNC(=NCC(O)c1ccncc1)NC1CCCC1. The van der Waals surface area contributed by atoms with Crippen LogP contribution in [-0.4, -0.2) is 35.2 Å². The molecule has 110 valence electrons. The van der Waals surface area contributed by atoms with E-state index in [1.165, 1.54) is 25.7 Å². The Kier molecular flexibility index (Phi) is 5.80. The van der Waals surface area contributed by atoms with Gasteiger partial charge in [-0.2, -0.15) is 0 Å². The minimum Gasteiger partial charge on any atom is -0.386 e. The fourth-order valence-electron chi connectivity index (χ4n) is 2.45. The maximum atomic E-state index is 10.1. The number of nitrogens with zero attached hydrogens (tertiary/aromatic N) is 2. The van der Waals surface area contributed by atoms with Gasteiger partial charge in [-0.3, -0.25) is 9.98 Å². The Bertz CT molecular complexity index is 415. The van der Waals surface area contributed by atoms with E-state index < -0.39 is 6.10 Å². The Hall–Kier alpha value is -1.62. The van der Waals surface area contributed by atoms with Gasteiger partial charge in [0.05, 0.1) is 12.6 Å². The highest BCUT2D eigenvalue weighted by Crippen LogP contribution is 2.17. The predicted octanol–water partition coefficient (Wildman–Crippen LogP) is 1.61. The minimum absolute atomic E-state index is 0.353. The second-order valence-corrected chi connectivity index (χ2v) is 5.14. The van der Waals surface area contributed by atoms with Crippen molar-refractivity contribution >= 4 is 5.96 Å². The van der Waals surface area contributed by atoms with Crippen LogP contribution < -0.4 is 10.6 Å². The number of hydrogen-bond acceptors (Lipinski definition) is 3. The van der Waals surface area contributed by atoms with Crippen molar-refractivity contribution in [2.45, 2.75) is 44.8 Å².